The van der Waals surface area contributed by atoms with E-state index in [1.807, 2.05) is 50.2 Å². The Labute approximate surface area is 232 Å². The Morgan fingerprint density at radius 3 is 1.77 bits per heavy atom. The van der Waals surface area contributed by atoms with E-state index in [-0.39, 0.29) is 36.4 Å². The van der Waals surface area contributed by atoms with E-state index in [4.69, 9.17) is 5.73 Å². The first-order valence-corrected chi connectivity index (χ1v) is 13.2. The summed E-state index contributed by atoms with van der Waals surface area (Å²) in [5.74, 6) is -1.17. The van der Waals surface area contributed by atoms with Gasteiger partial charge in [-0.2, -0.15) is 0 Å². The number of benzene rings is 2. The Balaban J connectivity index is 0.000000487. The van der Waals surface area contributed by atoms with Crippen LogP contribution in [0.25, 0.3) is 0 Å². The van der Waals surface area contributed by atoms with Crippen LogP contribution < -0.4 is 11.1 Å². The summed E-state index contributed by atoms with van der Waals surface area (Å²) in [7, 11) is 6.65. The maximum Gasteiger partial charge on any atom is 0.249 e. The van der Waals surface area contributed by atoms with Gasteiger partial charge >= 0.3 is 0 Å². The number of carbonyl (C=O) groups is 4. The smallest absolute Gasteiger partial charge is 0.249 e. The van der Waals surface area contributed by atoms with E-state index in [2.05, 4.69) is 5.32 Å². The Hall–Kier alpha value is -3.56. The molecule has 0 aliphatic rings. The molecule has 0 bridgehead atoms. The van der Waals surface area contributed by atoms with Crippen LogP contribution in [0.5, 0.6) is 0 Å². The monoisotopic (exact) mass is 540 g/mol. The summed E-state index contributed by atoms with van der Waals surface area (Å²) in [5, 5.41) is 12.7. The first-order valence-electron chi connectivity index (χ1n) is 13.2. The van der Waals surface area contributed by atoms with E-state index >= 15 is 0 Å². The van der Waals surface area contributed by atoms with Gasteiger partial charge in [-0.25, -0.2) is 0 Å². The molecule has 0 aromatic heterocycles. The van der Waals surface area contributed by atoms with Crippen molar-refractivity contribution in [3.8, 4) is 0 Å². The molecule has 0 heterocycles. The zero-order chi connectivity index (χ0) is 29.5. The molecule has 0 fully saturated rings. The summed E-state index contributed by atoms with van der Waals surface area (Å²) in [6.45, 7) is 3.82. The van der Waals surface area contributed by atoms with Crippen LogP contribution in [-0.2, 0) is 19.2 Å². The highest BCUT2D eigenvalue weighted by Crippen LogP contribution is 2.17. The molecule has 0 radical (unpaired) electrons. The van der Waals surface area contributed by atoms with Crippen LogP contribution in [0.15, 0.2) is 60.7 Å². The molecule has 0 saturated carbocycles. The zero-order valence-corrected chi connectivity index (χ0v) is 24.0. The summed E-state index contributed by atoms with van der Waals surface area (Å²) in [6, 6.07) is 17.0. The summed E-state index contributed by atoms with van der Waals surface area (Å²) >= 11 is 0. The fourth-order valence-corrected chi connectivity index (χ4v) is 3.82. The fraction of sp³-hybridized carbons (Fsp3) is 0.467. The molecule has 3 amide bonds. The van der Waals surface area contributed by atoms with E-state index in [1.165, 1.54) is 9.80 Å². The van der Waals surface area contributed by atoms with Gasteiger partial charge in [0.15, 0.2) is 5.78 Å². The number of nitrogens with one attached hydrogen (secondary N) is 1. The van der Waals surface area contributed by atoms with Crippen LogP contribution in [0, 0.1) is 5.92 Å². The second kappa shape index (κ2) is 17.1. The maximum atomic E-state index is 12.4. The van der Waals surface area contributed by atoms with Gasteiger partial charge in [0.25, 0.3) is 0 Å². The lowest BCUT2D eigenvalue weighted by molar-refractivity contribution is -0.135. The van der Waals surface area contributed by atoms with E-state index in [9.17, 15) is 24.3 Å². The van der Waals surface area contributed by atoms with Crippen molar-refractivity contribution in [2.45, 2.75) is 57.7 Å². The lowest BCUT2D eigenvalue weighted by atomic mass is 9.94. The molecule has 9 heteroatoms. The molecule has 39 heavy (non-hydrogen) atoms. The lowest BCUT2D eigenvalue weighted by Crippen LogP contribution is -2.40. The standard InChI is InChI=1S/C20H30N2O4.C10H14N2O/c1-5-9-14(2)19(25)16(23)12-13-17(24)21-18(20(26)22(3)4)15-10-7-6-8-11-15;1-12(2)10(13)9(11)8-6-4-3-5-7-8/h6-8,10-11,14,18-19,25H,5,9,12-13H2,1-4H3,(H,21,24);3-7,9H,11H2,1-2H3/t14?,18-,19?;9-/m00/s1. The van der Waals surface area contributed by atoms with Gasteiger partial charge in [0.2, 0.25) is 17.7 Å². The largest absolute Gasteiger partial charge is 0.385 e. The van der Waals surface area contributed by atoms with Crippen LogP contribution in [0.1, 0.15) is 62.7 Å². The molecule has 2 rings (SSSR count). The SMILES string of the molecule is CCCC(C)C(O)C(=O)CCC(=O)N[C@H](C(=O)N(C)C)c1ccccc1.CN(C)C(=O)[C@@H](N)c1ccccc1. The number of likely N-dealkylation sites (N-methyl/N-ethyl adjacent to an activating group) is 2. The number of hydrogen-bond acceptors (Lipinski definition) is 6. The van der Waals surface area contributed by atoms with Crippen molar-refractivity contribution in [2.75, 3.05) is 28.2 Å². The van der Waals surface area contributed by atoms with Crippen molar-refractivity contribution in [1.29, 1.82) is 0 Å². The van der Waals surface area contributed by atoms with Gasteiger partial charge in [0, 0.05) is 41.0 Å². The molecule has 9 nitrogen and oxygen atoms in total. The van der Waals surface area contributed by atoms with Crippen molar-refractivity contribution < 1.29 is 24.3 Å². The summed E-state index contributed by atoms with van der Waals surface area (Å²) in [5.41, 5.74) is 7.28. The van der Waals surface area contributed by atoms with Crippen molar-refractivity contribution in [1.82, 2.24) is 15.1 Å². The maximum absolute atomic E-state index is 12.4. The van der Waals surface area contributed by atoms with E-state index in [0.717, 1.165) is 18.4 Å². The van der Waals surface area contributed by atoms with Crippen molar-refractivity contribution >= 4 is 23.5 Å². The minimum Gasteiger partial charge on any atom is -0.385 e. The van der Waals surface area contributed by atoms with Gasteiger partial charge in [0.05, 0.1) is 0 Å². The number of hydrogen-bond donors (Lipinski definition) is 3. The third-order valence-electron chi connectivity index (χ3n) is 6.20. The Bertz CT molecular complexity index is 1040. The molecule has 0 saturated heterocycles. The van der Waals surface area contributed by atoms with Gasteiger partial charge in [-0.1, -0.05) is 80.9 Å². The summed E-state index contributed by atoms with van der Waals surface area (Å²) in [6.07, 6.45) is 0.498. The number of nitrogens with zero attached hydrogens (tertiary/aromatic N) is 2. The van der Waals surface area contributed by atoms with Gasteiger partial charge in [-0.05, 0) is 23.5 Å². The number of Topliss-reactive ketones (excluding diaryl/α,β-unsaturated/α-hetero) is 1. The lowest BCUT2D eigenvalue weighted by Gasteiger charge is -2.22. The highest BCUT2D eigenvalue weighted by Gasteiger charge is 2.26. The number of aliphatic hydroxyl groups is 1. The minimum absolute atomic E-state index is 0.0429. The molecule has 214 valence electrons. The van der Waals surface area contributed by atoms with E-state index < -0.39 is 24.1 Å². The zero-order valence-electron chi connectivity index (χ0n) is 24.0. The van der Waals surface area contributed by atoms with E-state index in [1.54, 1.807) is 52.5 Å². The molecule has 0 spiro atoms. The normalized spacial score (nSPS) is 13.5. The molecule has 0 aliphatic heterocycles. The van der Waals surface area contributed by atoms with E-state index in [0.29, 0.717) is 5.56 Å². The molecule has 2 unspecified atom stereocenters. The van der Waals surface area contributed by atoms with Crippen LogP contribution in [-0.4, -0.2) is 72.7 Å². The summed E-state index contributed by atoms with van der Waals surface area (Å²) < 4.78 is 0. The predicted octanol–water partition coefficient (Wildman–Crippen LogP) is 2.85. The highest BCUT2D eigenvalue weighted by atomic mass is 16.3. The third kappa shape index (κ3) is 11.4. The first-order chi connectivity index (χ1) is 18.4. The average Bonchev–Trinajstić information content (AvgIpc) is 2.94. The van der Waals surface area contributed by atoms with Crippen molar-refractivity contribution in [3.63, 3.8) is 0 Å². The number of nitrogens with two attached hydrogens (primary N) is 1. The van der Waals surface area contributed by atoms with Gasteiger partial charge in [-0.3, -0.25) is 19.2 Å². The minimum atomic E-state index is -1.05. The van der Waals surface area contributed by atoms with Crippen LogP contribution in [0.4, 0.5) is 0 Å². The molecule has 0 aliphatic carbocycles. The molecule has 4 N–H and O–H groups in total. The van der Waals surface area contributed by atoms with Crippen molar-refractivity contribution in [3.05, 3.63) is 71.8 Å². The van der Waals surface area contributed by atoms with Gasteiger partial charge in [-0.15, -0.1) is 0 Å². The fourth-order valence-electron chi connectivity index (χ4n) is 3.82. The Kier molecular flexibility index (Phi) is 14.7. The van der Waals surface area contributed by atoms with Crippen LogP contribution in [0.2, 0.25) is 0 Å². The van der Waals surface area contributed by atoms with Gasteiger partial charge < -0.3 is 26.0 Å². The van der Waals surface area contributed by atoms with Crippen LogP contribution in [0.3, 0.4) is 0 Å². The molecule has 2 aromatic carbocycles. The quantitative estimate of drug-likeness (QED) is 0.379. The Morgan fingerprint density at radius 1 is 0.821 bits per heavy atom. The van der Waals surface area contributed by atoms with Crippen molar-refractivity contribution in [2.24, 2.45) is 11.7 Å². The second-order valence-corrected chi connectivity index (χ2v) is 9.94. The molecular formula is C30H44N4O5. The van der Waals surface area contributed by atoms with Crippen LogP contribution >= 0.6 is 0 Å². The Morgan fingerprint density at radius 2 is 1.31 bits per heavy atom. The number of amides is 3. The topological polar surface area (TPSA) is 133 Å². The molecule has 2 aromatic rings. The second-order valence-electron chi connectivity index (χ2n) is 9.94. The number of aliphatic hydroxyl groups excluding tert-OH is 1. The third-order valence-corrected chi connectivity index (χ3v) is 6.20. The number of rotatable bonds is 12. The molecular weight excluding hydrogens is 496 g/mol. The summed E-state index contributed by atoms with van der Waals surface area (Å²) in [4.78, 5) is 51.1. The number of ketones is 1. The molecule has 4 atom stereocenters. The van der Waals surface area contributed by atoms with Gasteiger partial charge in [0.1, 0.15) is 18.2 Å². The predicted molar refractivity (Wildman–Crippen MR) is 152 cm³/mol. The average molecular weight is 541 g/mol. The number of carbonyl (C=O) groups excluding carboxylic acids is 4. The highest BCUT2D eigenvalue weighted by molar-refractivity contribution is 5.91. The first kappa shape index (κ1) is 33.5.